The molecule has 0 aromatic heterocycles. The maximum Gasteiger partial charge on any atom is 0.260 e. The van der Waals surface area contributed by atoms with E-state index in [4.69, 9.17) is 0 Å². The van der Waals surface area contributed by atoms with Crippen LogP contribution in [0.3, 0.4) is 0 Å². The first-order valence-electron chi connectivity index (χ1n) is 3.64. The van der Waals surface area contributed by atoms with E-state index in [1.807, 2.05) is 54.9 Å². The summed E-state index contributed by atoms with van der Waals surface area (Å²) in [4.78, 5) is 11.3. The Morgan fingerprint density at radius 1 is 1.42 bits per heavy atom. The van der Waals surface area contributed by atoms with Gasteiger partial charge in [0.05, 0.1) is 22.9 Å². The highest BCUT2D eigenvalue weighted by atomic mass is 127. The van der Waals surface area contributed by atoms with E-state index in [9.17, 15) is 4.79 Å². The van der Waals surface area contributed by atoms with Gasteiger partial charge in [0.1, 0.15) is 0 Å². The average molecular weight is 275 g/mol. The van der Waals surface area contributed by atoms with Gasteiger partial charge in [0.25, 0.3) is 5.91 Å². The van der Waals surface area contributed by atoms with Crippen LogP contribution in [0.1, 0.15) is 21.5 Å². The van der Waals surface area contributed by atoms with E-state index in [1.165, 1.54) is 0 Å². The molecule has 0 aliphatic rings. The van der Waals surface area contributed by atoms with Gasteiger partial charge >= 0.3 is 0 Å². The summed E-state index contributed by atoms with van der Waals surface area (Å²) in [6.45, 7) is 3.95. The lowest BCUT2D eigenvalue weighted by Gasteiger charge is -2.05. The van der Waals surface area contributed by atoms with Crippen LogP contribution in [0.25, 0.3) is 0 Å². The fourth-order valence-corrected chi connectivity index (χ4v) is 1.34. The number of carbonyl (C=O) groups excluding carboxylic acids is 1. The second-order valence-corrected chi connectivity index (χ2v) is 3.21. The van der Waals surface area contributed by atoms with Crippen LogP contribution in [-0.4, -0.2) is 5.91 Å². The lowest BCUT2D eigenvalue weighted by Crippen LogP contribution is -2.13. The Hall–Kier alpha value is -0.580. The van der Waals surface area contributed by atoms with Crippen molar-refractivity contribution in [1.82, 2.24) is 3.53 Å². The predicted molar refractivity (Wildman–Crippen MR) is 57.4 cm³/mol. The number of amides is 1. The van der Waals surface area contributed by atoms with Crippen LogP contribution in [0, 0.1) is 13.8 Å². The Labute approximate surface area is 85.9 Å². The molecule has 1 aromatic carbocycles. The Morgan fingerprint density at radius 3 is 2.67 bits per heavy atom. The number of halogens is 1. The number of carbonyl (C=O) groups is 1. The quantitative estimate of drug-likeness (QED) is 0.618. The van der Waals surface area contributed by atoms with Gasteiger partial charge in [0, 0.05) is 5.56 Å². The van der Waals surface area contributed by atoms with E-state index in [0.29, 0.717) is 0 Å². The van der Waals surface area contributed by atoms with Crippen molar-refractivity contribution in [2.24, 2.45) is 0 Å². The van der Waals surface area contributed by atoms with Crippen LogP contribution in [0.15, 0.2) is 18.2 Å². The molecule has 0 saturated carbocycles. The molecular formula is C9H10INO. The summed E-state index contributed by atoms with van der Waals surface area (Å²) >= 11 is 1.85. The minimum Gasteiger partial charge on any atom is -0.295 e. The standard InChI is InChI=1S/C9H10INO/c1-6-4-3-5-8(7(6)2)9(12)11-10/h3-5H,1-2H3,(H,11,12). The number of benzene rings is 1. The van der Waals surface area contributed by atoms with E-state index in [1.54, 1.807) is 0 Å². The van der Waals surface area contributed by atoms with Gasteiger partial charge in [-0.05, 0) is 31.0 Å². The third-order valence-electron chi connectivity index (χ3n) is 1.94. The molecule has 1 amide bonds. The zero-order chi connectivity index (χ0) is 9.14. The molecule has 1 N–H and O–H groups in total. The van der Waals surface area contributed by atoms with Gasteiger partial charge in [-0.3, -0.25) is 8.32 Å². The first kappa shape index (κ1) is 9.51. The van der Waals surface area contributed by atoms with Crippen molar-refractivity contribution in [3.8, 4) is 0 Å². The normalized spacial score (nSPS) is 9.58. The van der Waals surface area contributed by atoms with Crippen LogP contribution in [0.2, 0.25) is 0 Å². The van der Waals surface area contributed by atoms with E-state index in [-0.39, 0.29) is 5.91 Å². The number of aryl methyl sites for hydroxylation is 1. The minimum atomic E-state index is -0.0307. The van der Waals surface area contributed by atoms with Gasteiger partial charge in [0.2, 0.25) is 0 Å². The molecule has 0 bridgehead atoms. The van der Waals surface area contributed by atoms with Crippen molar-refractivity contribution in [2.75, 3.05) is 0 Å². The molecule has 2 nitrogen and oxygen atoms in total. The smallest absolute Gasteiger partial charge is 0.260 e. The van der Waals surface area contributed by atoms with E-state index >= 15 is 0 Å². The van der Waals surface area contributed by atoms with Crippen LogP contribution in [0.4, 0.5) is 0 Å². The van der Waals surface area contributed by atoms with Crippen molar-refractivity contribution in [1.29, 1.82) is 0 Å². The van der Waals surface area contributed by atoms with Gasteiger partial charge in [-0.25, -0.2) is 0 Å². The lowest BCUT2D eigenvalue weighted by atomic mass is 10.0. The Morgan fingerprint density at radius 2 is 2.08 bits per heavy atom. The molecule has 0 aliphatic carbocycles. The van der Waals surface area contributed by atoms with E-state index in [0.717, 1.165) is 16.7 Å². The fraction of sp³-hybridized carbons (Fsp3) is 0.222. The van der Waals surface area contributed by atoms with Gasteiger partial charge in [0.15, 0.2) is 0 Å². The highest BCUT2D eigenvalue weighted by Crippen LogP contribution is 2.12. The van der Waals surface area contributed by atoms with Crippen LogP contribution in [0.5, 0.6) is 0 Å². The molecule has 0 fully saturated rings. The molecule has 0 aliphatic heterocycles. The van der Waals surface area contributed by atoms with E-state index < -0.39 is 0 Å². The third kappa shape index (κ3) is 1.77. The SMILES string of the molecule is Cc1cccc(C(=O)NI)c1C. The number of hydrogen-bond donors (Lipinski definition) is 1. The molecule has 1 aromatic rings. The minimum absolute atomic E-state index is 0.0307. The first-order valence-corrected chi connectivity index (χ1v) is 4.72. The van der Waals surface area contributed by atoms with E-state index in [2.05, 4.69) is 3.53 Å². The Bertz CT molecular complexity index is 309. The average Bonchev–Trinajstić information content (AvgIpc) is 2.08. The molecule has 0 spiro atoms. The molecule has 3 heteroatoms. The van der Waals surface area contributed by atoms with Gasteiger partial charge in [-0.15, -0.1) is 0 Å². The summed E-state index contributed by atoms with van der Waals surface area (Å²) in [5.41, 5.74) is 2.95. The first-order chi connectivity index (χ1) is 5.66. The van der Waals surface area contributed by atoms with Gasteiger partial charge < -0.3 is 0 Å². The summed E-state index contributed by atoms with van der Waals surface area (Å²) in [6, 6.07) is 5.72. The monoisotopic (exact) mass is 275 g/mol. The fourth-order valence-electron chi connectivity index (χ4n) is 1.05. The molecule has 1 rings (SSSR count). The molecule has 12 heavy (non-hydrogen) atoms. The summed E-state index contributed by atoms with van der Waals surface area (Å²) in [7, 11) is 0. The largest absolute Gasteiger partial charge is 0.295 e. The molecule has 0 heterocycles. The lowest BCUT2D eigenvalue weighted by molar-refractivity contribution is 0.0989. The van der Waals surface area contributed by atoms with Gasteiger partial charge in [-0.1, -0.05) is 12.1 Å². The second kappa shape index (κ2) is 3.89. The number of rotatable bonds is 1. The second-order valence-electron chi connectivity index (χ2n) is 2.67. The topological polar surface area (TPSA) is 29.1 Å². The highest BCUT2D eigenvalue weighted by molar-refractivity contribution is 14.1. The van der Waals surface area contributed by atoms with Crippen LogP contribution in [-0.2, 0) is 0 Å². The molecular weight excluding hydrogens is 265 g/mol. The number of hydrogen-bond acceptors (Lipinski definition) is 1. The zero-order valence-corrected chi connectivity index (χ0v) is 9.18. The maximum absolute atomic E-state index is 11.3. The molecule has 0 unspecified atom stereocenters. The highest BCUT2D eigenvalue weighted by Gasteiger charge is 2.07. The number of nitrogens with one attached hydrogen (secondary N) is 1. The Kier molecular flexibility index (Phi) is 3.08. The maximum atomic E-state index is 11.3. The third-order valence-corrected chi connectivity index (χ3v) is 2.42. The van der Waals surface area contributed by atoms with Crippen molar-refractivity contribution in [3.63, 3.8) is 0 Å². The molecule has 0 radical (unpaired) electrons. The molecule has 0 atom stereocenters. The molecule has 0 saturated heterocycles. The predicted octanol–water partition coefficient (Wildman–Crippen LogP) is 2.38. The van der Waals surface area contributed by atoms with Crippen molar-refractivity contribution < 1.29 is 4.79 Å². The Balaban J connectivity index is 3.16. The van der Waals surface area contributed by atoms with Crippen LogP contribution < -0.4 is 3.53 Å². The summed E-state index contributed by atoms with van der Waals surface area (Å²) < 4.78 is 2.58. The van der Waals surface area contributed by atoms with Crippen LogP contribution >= 0.6 is 22.9 Å². The summed E-state index contributed by atoms with van der Waals surface area (Å²) in [5, 5.41) is 0. The summed E-state index contributed by atoms with van der Waals surface area (Å²) in [6.07, 6.45) is 0. The summed E-state index contributed by atoms with van der Waals surface area (Å²) in [5.74, 6) is -0.0307. The van der Waals surface area contributed by atoms with Crippen molar-refractivity contribution in [2.45, 2.75) is 13.8 Å². The molecule has 64 valence electrons. The van der Waals surface area contributed by atoms with Crippen molar-refractivity contribution >= 4 is 28.8 Å². The zero-order valence-electron chi connectivity index (χ0n) is 7.02. The van der Waals surface area contributed by atoms with Gasteiger partial charge in [-0.2, -0.15) is 0 Å². The van der Waals surface area contributed by atoms with Crippen molar-refractivity contribution in [3.05, 3.63) is 34.9 Å².